The first kappa shape index (κ1) is 13.7. The predicted octanol–water partition coefficient (Wildman–Crippen LogP) is 1.74. The van der Waals surface area contributed by atoms with Crippen molar-refractivity contribution in [1.29, 1.82) is 0 Å². The minimum absolute atomic E-state index is 0.0592. The third-order valence-corrected chi connectivity index (χ3v) is 4.66. The summed E-state index contributed by atoms with van der Waals surface area (Å²) in [4.78, 5) is 2.48. The van der Waals surface area contributed by atoms with Crippen molar-refractivity contribution in [3.05, 3.63) is 24.3 Å². The number of aliphatic hydroxyl groups is 1. The molecule has 3 unspecified atom stereocenters. The zero-order chi connectivity index (χ0) is 13.9. The molecule has 0 aromatic heterocycles. The van der Waals surface area contributed by atoms with Crippen LogP contribution in [0.3, 0.4) is 0 Å². The zero-order valence-electron chi connectivity index (χ0n) is 11.9. The second-order valence-corrected chi connectivity index (χ2v) is 6.10. The molecule has 3 N–H and O–H groups in total. The number of aliphatic hydroxyl groups excluding tert-OH is 1. The highest BCUT2D eigenvalue weighted by molar-refractivity contribution is 5.41. The van der Waals surface area contributed by atoms with Crippen molar-refractivity contribution in [3.8, 4) is 5.75 Å². The highest BCUT2D eigenvalue weighted by atomic mass is 16.5. The molecule has 0 radical (unpaired) electrons. The average molecular weight is 276 g/mol. The van der Waals surface area contributed by atoms with Gasteiger partial charge >= 0.3 is 0 Å². The van der Waals surface area contributed by atoms with Crippen molar-refractivity contribution in [2.45, 2.75) is 25.4 Å². The van der Waals surface area contributed by atoms with Crippen LogP contribution in [0, 0.1) is 11.8 Å². The lowest BCUT2D eigenvalue weighted by atomic mass is 10.00. The van der Waals surface area contributed by atoms with E-state index in [9.17, 15) is 5.11 Å². The van der Waals surface area contributed by atoms with E-state index in [2.05, 4.69) is 4.90 Å². The van der Waals surface area contributed by atoms with E-state index in [1.807, 2.05) is 24.3 Å². The number of benzene rings is 1. The van der Waals surface area contributed by atoms with E-state index < -0.39 is 0 Å². The molecule has 1 aliphatic carbocycles. The van der Waals surface area contributed by atoms with Crippen LogP contribution in [-0.4, -0.2) is 42.4 Å². The summed E-state index contributed by atoms with van der Waals surface area (Å²) >= 11 is 0. The van der Waals surface area contributed by atoms with Crippen LogP contribution in [0.1, 0.15) is 19.3 Å². The minimum atomic E-state index is -0.0592. The van der Waals surface area contributed by atoms with Gasteiger partial charge in [-0.25, -0.2) is 0 Å². The molecule has 2 aliphatic rings. The zero-order valence-corrected chi connectivity index (χ0v) is 11.9. The lowest BCUT2D eigenvalue weighted by molar-refractivity contribution is 0.123. The summed E-state index contributed by atoms with van der Waals surface area (Å²) < 4.78 is 5.70. The molecular weight excluding hydrogens is 252 g/mol. The number of ether oxygens (including phenoxy) is 1. The number of nitrogens with zero attached hydrogens (tertiary/aromatic N) is 1. The van der Waals surface area contributed by atoms with E-state index in [-0.39, 0.29) is 6.10 Å². The Kier molecular flexibility index (Phi) is 4.13. The van der Waals surface area contributed by atoms with E-state index >= 15 is 0 Å². The van der Waals surface area contributed by atoms with Crippen molar-refractivity contribution in [2.24, 2.45) is 11.8 Å². The molecule has 0 spiro atoms. The molecule has 110 valence electrons. The van der Waals surface area contributed by atoms with E-state index in [1.165, 1.54) is 6.42 Å². The lowest BCUT2D eigenvalue weighted by Crippen LogP contribution is -2.26. The smallest absolute Gasteiger partial charge is 0.119 e. The number of rotatable bonds is 5. The Labute approximate surface area is 120 Å². The van der Waals surface area contributed by atoms with Gasteiger partial charge in [-0.1, -0.05) is 0 Å². The van der Waals surface area contributed by atoms with Crippen LogP contribution in [0.25, 0.3) is 0 Å². The van der Waals surface area contributed by atoms with Crippen LogP contribution in [-0.2, 0) is 0 Å². The lowest BCUT2D eigenvalue weighted by Gasteiger charge is -2.17. The Morgan fingerprint density at radius 3 is 2.75 bits per heavy atom. The van der Waals surface area contributed by atoms with Crippen LogP contribution in [0.2, 0.25) is 0 Å². The Balaban J connectivity index is 1.36. The third-order valence-electron chi connectivity index (χ3n) is 4.66. The van der Waals surface area contributed by atoms with Gasteiger partial charge < -0.3 is 20.5 Å². The van der Waals surface area contributed by atoms with Gasteiger partial charge in [0.05, 0.1) is 12.7 Å². The molecule has 1 saturated carbocycles. The average Bonchev–Trinajstić information content (AvgIpc) is 2.99. The first-order valence-electron chi connectivity index (χ1n) is 7.61. The van der Waals surface area contributed by atoms with Crippen LogP contribution < -0.4 is 10.5 Å². The highest BCUT2D eigenvalue weighted by Gasteiger charge is 2.41. The standard InChI is InChI=1S/C16H24N2O2/c17-13-3-5-14(6-4-13)20-9-1-8-18-10-12-2-7-16(19)15(12)11-18/h3-6,12,15-16,19H,1-2,7-11,17H2. The first-order valence-corrected chi connectivity index (χ1v) is 7.61. The molecule has 1 saturated heterocycles. The van der Waals surface area contributed by atoms with E-state index in [1.54, 1.807) is 0 Å². The summed E-state index contributed by atoms with van der Waals surface area (Å²) in [5.74, 6) is 2.13. The molecule has 2 fully saturated rings. The fourth-order valence-electron chi connectivity index (χ4n) is 3.55. The molecule has 3 rings (SSSR count). The number of hydrogen-bond acceptors (Lipinski definition) is 4. The van der Waals surface area contributed by atoms with Crippen molar-refractivity contribution >= 4 is 5.69 Å². The second-order valence-electron chi connectivity index (χ2n) is 6.10. The second kappa shape index (κ2) is 6.02. The molecule has 0 amide bonds. The summed E-state index contributed by atoms with van der Waals surface area (Å²) in [6, 6.07) is 7.54. The number of fused-ring (bicyclic) bond motifs is 1. The van der Waals surface area contributed by atoms with Crippen LogP contribution >= 0.6 is 0 Å². The summed E-state index contributed by atoms with van der Waals surface area (Å²) in [7, 11) is 0. The quantitative estimate of drug-likeness (QED) is 0.635. The van der Waals surface area contributed by atoms with Crippen molar-refractivity contribution < 1.29 is 9.84 Å². The van der Waals surface area contributed by atoms with E-state index in [0.29, 0.717) is 5.92 Å². The SMILES string of the molecule is Nc1ccc(OCCCN2CC3CCC(O)C3C2)cc1. The van der Waals surface area contributed by atoms with Gasteiger partial charge in [0.25, 0.3) is 0 Å². The Morgan fingerprint density at radius 1 is 1.20 bits per heavy atom. The van der Waals surface area contributed by atoms with Gasteiger partial charge in [0.15, 0.2) is 0 Å². The summed E-state index contributed by atoms with van der Waals surface area (Å²) in [6.45, 7) is 4.02. The van der Waals surface area contributed by atoms with Gasteiger partial charge in [-0.3, -0.25) is 0 Å². The largest absolute Gasteiger partial charge is 0.494 e. The van der Waals surface area contributed by atoms with Crippen molar-refractivity contribution in [1.82, 2.24) is 4.90 Å². The molecule has 3 atom stereocenters. The van der Waals surface area contributed by atoms with Crippen LogP contribution in [0.15, 0.2) is 24.3 Å². The number of nitrogen functional groups attached to an aromatic ring is 1. The Morgan fingerprint density at radius 2 is 2.00 bits per heavy atom. The topological polar surface area (TPSA) is 58.7 Å². The molecule has 4 heteroatoms. The van der Waals surface area contributed by atoms with Crippen molar-refractivity contribution in [3.63, 3.8) is 0 Å². The molecule has 4 nitrogen and oxygen atoms in total. The summed E-state index contributed by atoms with van der Waals surface area (Å²) in [6.07, 6.45) is 3.17. The number of nitrogens with two attached hydrogens (primary N) is 1. The minimum Gasteiger partial charge on any atom is -0.494 e. The fraction of sp³-hybridized carbons (Fsp3) is 0.625. The van der Waals surface area contributed by atoms with Gasteiger partial charge in [0, 0.05) is 31.2 Å². The molecule has 20 heavy (non-hydrogen) atoms. The van der Waals surface area contributed by atoms with Crippen molar-refractivity contribution in [2.75, 3.05) is 32.0 Å². The Bertz CT molecular complexity index is 435. The molecule has 1 heterocycles. The molecule has 0 bridgehead atoms. The molecule has 1 aliphatic heterocycles. The maximum absolute atomic E-state index is 9.90. The van der Waals surface area contributed by atoms with Gasteiger partial charge in [-0.05, 0) is 49.4 Å². The number of anilines is 1. The molecular formula is C16H24N2O2. The Hall–Kier alpha value is -1.26. The van der Waals surface area contributed by atoms with Crippen LogP contribution in [0.5, 0.6) is 5.75 Å². The van der Waals surface area contributed by atoms with E-state index in [4.69, 9.17) is 10.5 Å². The summed E-state index contributed by atoms with van der Waals surface area (Å²) in [5, 5.41) is 9.90. The monoisotopic (exact) mass is 276 g/mol. The molecule has 1 aromatic rings. The first-order chi connectivity index (χ1) is 9.72. The summed E-state index contributed by atoms with van der Waals surface area (Å²) in [5.41, 5.74) is 6.40. The van der Waals surface area contributed by atoms with Gasteiger partial charge in [0.2, 0.25) is 0 Å². The highest BCUT2D eigenvalue weighted by Crippen LogP contribution is 2.37. The van der Waals surface area contributed by atoms with Crippen LogP contribution in [0.4, 0.5) is 5.69 Å². The van der Waals surface area contributed by atoms with Gasteiger partial charge in [-0.15, -0.1) is 0 Å². The third kappa shape index (κ3) is 3.07. The fourth-order valence-corrected chi connectivity index (χ4v) is 3.55. The number of likely N-dealkylation sites (tertiary alicyclic amines) is 1. The maximum Gasteiger partial charge on any atom is 0.119 e. The van der Waals surface area contributed by atoms with E-state index in [0.717, 1.165) is 56.4 Å². The maximum atomic E-state index is 9.90. The molecule has 1 aromatic carbocycles. The number of hydrogen-bond donors (Lipinski definition) is 2. The predicted molar refractivity (Wildman–Crippen MR) is 79.6 cm³/mol. The normalized spacial score (nSPS) is 29.6. The van der Waals surface area contributed by atoms with Gasteiger partial charge in [-0.2, -0.15) is 0 Å². The van der Waals surface area contributed by atoms with Gasteiger partial charge in [0.1, 0.15) is 5.75 Å².